The molecule has 0 radical (unpaired) electrons. The molecule has 3 aromatic rings. The first-order valence-electron chi connectivity index (χ1n) is 10.2. The van der Waals surface area contributed by atoms with Crippen LogP contribution in [-0.2, 0) is 16.0 Å². The summed E-state index contributed by atoms with van der Waals surface area (Å²) in [5, 5.41) is 12.8. The van der Waals surface area contributed by atoms with Gasteiger partial charge in [-0.2, -0.15) is 5.10 Å². The van der Waals surface area contributed by atoms with Crippen molar-refractivity contribution in [2.45, 2.75) is 13.3 Å². The van der Waals surface area contributed by atoms with E-state index in [1.807, 2.05) is 31.2 Å². The van der Waals surface area contributed by atoms with E-state index in [2.05, 4.69) is 20.7 Å². The Kier molecular flexibility index (Phi) is 9.89. The molecule has 1 aromatic heterocycles. The maximum absolute atomic E-state index is 11.9. The van der Waals surface area contributed by atoms with Crippen molar-refractivity contribution in [2.24, 2.45) is 5.10 Å². The summed E-state index contributed by atoms with van der Waals surface area (Å²) >= 11 is 13.7. The summed E-state index contributed by atoms with van der Waals surface area (Å²) in [6.45, 7) is 3.49. The number of rotatable bonds is 12. The molecule has 34 heavy (non-hydrogen) atoms. The molecule has 3 N–H and O–H groups in total. The van der Waals surface area contributed by atoms with Crippen molar-refractivity contribution in [2.75, 3.05) is 32.2 Å². The molecule has 0 aliphatic rings. The second-order valence-electron chi connectivity index (χ2n) is 6.94. The third kappa shape index (κ3) is 8.45. The molecule has 0 saturated carbocycles. The van der Waals surface area contributed by atoms with Gasteiger partial charge in [0.2, 0.25) is 11.0 Å². The van der Waals surface area contributed by atoms with Crippen LogP contribution in [0.4, 0.5) is 5.13 Å². The average Bonchev–Trinajstić information content (AvgIpc) is 3.20. The topological polar surface area (TPSA) is 121 Å². The minimum Gasteiger partial charge on any atom is -0.491 e. The number of carbonyl (C=O) groups is 1. The fourth-order valence-electron chi connectivity index (χ4n) is 2.64. The van der Waals surface area contributed by atoms with Crippen molar-refractivity contribution < 1.29 is 19.0 Å². The summed E-state index contributed by atoms with van der Waals surface area (Å²) in [5.74, 6) is 0.793. The van der Waals surface area contributed by atoms with Crippen LogP contribution < -0.4 is 20.6 Å². The van der Waals surface area contributed by atoms with E-state index in [1.165, 1.54) is 11.8 Å². The number of nitrogens with one attached hydrogen (secondary N) is 1. The first-order valence-corrected chi connectivity index (χ1v) is 11.8. The summed E-state index contributed by atoms with van der Waals surface area (Å²) in [5.41, 5.74) is 9.65. The van der Waals surface area contributed by atoms with Crippen molar-refractivity contribution in [3.63, 3.8) is 0 Å². The molecule has 0 fully saturated rings. The van der Waals surface area contributed by atoms with Crippen LogP contribution in [0.3, 0.4) is 0 Å². The number of hydrogen-bond donors (Lipinski definition) is 2. The van der Waals surface area contributed by atoms with Crippen LogP contribution in [0.2, 0.25) is 10.0 Å². The van der Waals surface area contributed by atoms with Crippen molar-refractivity contribution in [1.82, 2.24) is 15.6 Å². The van der Waals surface area contributed by atoms with Gasteiger partial charge in [-0.3, -0.25) is 4.79 Å². The van der Waals surface area contributed by atoms with Crippen LogP contribution in [-0.4, -0.2) is 48.7 Å². The normalized spacial score (nSPS) is 11.0. The number of aryl methyl sites for hydroxylation is 1. The Morgan fingerprint density at radius 3 is 2.41 bits per heavy atom. The Hall–Kier alpha value is -2.92. The zero-order valence-electron chi connectivity index (χ0n) is 18.3. The maximum Gasteiger partial charge on any atom is 0.247 e. The first kappa shape index (κ1) is 25.7. The SMILES string of the molecule is Cc1ccc(OCCOCCOc2c(Cl)cc(/C=N\NC(=O)Cc3nnc(N)s3)cc2Cl)cc1. The fourth-order valence-corrected chi connectivity index (χ4v) is 3.86. The number of halogens is 2. The van der Waals surface area contributed by atoms with E-state index >= 15 is 0 Å². The van der Waals surface area contributed by atoms with Gasteiger partial charge in [-0.05, 0) is 36.8 Å². The van der Waals surface area contributed by atoms with E-state index in [0.717, 1.165) is 17.1 Å². The zero-order chi connectivity index (χ0) is 24.3. The number of aromatic nitrogens is 2. The number of benzene rings is 2. The summed E-state index contributed by atoms with van der Waals surface area (Å²) in [7, 11) is 0. The summed E-state index contributed by atoms with van der Waals surface area (Å²) in [6.07, 6.45) is 1.45. The number of hydrazone groups is 1. The van der Waals surface area contributed by atoms with Gasteiger partial charge in [0.05, 0.1) is 35.9 Å². The minimum absolute atomic E-state index is 0.0284. The van der Waals surface area contributed by atoms with Crippen LogP contribution >= 0.6 is 34.5 Å². The number of anilines is 1. The fraction of sp³-hybridized carbons (Fsp3) is 0.273. The molecule has 0 spiro atoms. The lowest BCUT2D eigenvalue weighted by Crippen LogP contribution is -2.19. The maximum atomic E-state index is 11.9. The Morgan fingerprint density at radius 1 is 1.09 bits per heavy atom. The van der Waals surface area contributed by atoms with Crippen LogP contribution in [0, 0.1) is 6.92 Å². The van der Waals surface area contributed by atoms with Gasteiger partial charge >= 0.3 is 0 Å². The van der Waals surface area contributed by atoms with Crippen LogP contribution in [0.15, 0.2) is 41.5 Å². The molecular formula is C22H23Cl2N5O4S. The van der Waals surface area contributed by atoms with Gasteiger partial charge in [-0.15, -0.1) is 10.2 Å². The van der Waals surface area contributed by atoms with Gasteiger partial charge in [-0.1, -0.05) is 52.2 Å². The van der Waals surface area contributed by atoms with E-state index in [-0.39, 0.29) is 18.9 Å². The van der Waals surface area contributed by atoms with Crippen molar-refractivity contribution in [3.05, 3.63) is 62.6 Å². The molecule has 2 aromatic carbocycles. The van der Waals surface area contributed by atoms with Crippen molar-refractivity contribution in [1.29, 1.82) is 0 Å². The quantitative estimate of drug-likeness (QED) is 0.209. The second kappa shape index (κ2) is 13.1. The van der Waals surface area contributed by atoms with Gasteiger partial charge in [0.1, 0.15) is 24.0 Å². The Morgan fingerprint density at radius 2 is 1.76 bits per heavy atom. The highest BCUT2D eigenvalue weighted by molar-refractivity contribution is 7.15. The molecule has 12 heteroatoms. The predicted octanol–water partition coefficient (Wildman–Crippen LogP) is 3.90. The number of ether oxygens (including phenoxy) is 3. The highest BCUT2D eigenvalue weighted by atomic mass is 35.5. The van der Waals surface area contributed by atoms with E-state index < -0.39 is 0 Å². The highest BCUT2D eigenvalue weighted by Gasteiger charge is 2.10. The molecule has 0 bridgehead atoms. The molecule has 0 unspecified atom stereocenters. The molecule has 0 atom stereocenters. The lowest BCUT2D eigenvalue weighted by Gasteiger charge is -2.11. The van der Waals surface area contributed by atoms with Gasteiger partial charge in [-0.25, -0.2) is 5.43 Å². The lowest BCUT2D eigenvalue weighted by atomic mass is 10.2. The van der Waals surface area contributed by atoms with Crippen molar-refractivity contribution in [3.8, 4) is 11.5 Å². The number of carbonyl (C=O) groups excluding carboxylic acids is 1. The van der Waals surface area contributed by atoms with E-state index in [9.17, 15) is 4.79 Å². The summed E-state index contributed by atoms with van der Waals surface area (Å²) < 4.78 is 16.8. The van der Waals surface area contributed by atoms with Gasteiger partial charge < -0.3 is 19.9 Å². The standard InChI is InChI=1S/C22H23Cl2N5O4S/c1-14-2-4-16(5-3-14)32-8-6-31-7-9-33-21-17(23)10-15(11-18(21)24)13-26-27-19(30)12-20-28-29-22(25)34-20/h2-5,10-11,13H,6-9,12H2,1H3,(H2,25,29)(H,27,30)/b26-13-. The summed E-state index contributed by atoms with van der Waals surface area (Å²) in [6, 6.07) is 11.1. The monoisotopic (exact) mass is 523 g/mol. The Balaban J connectivity index is 1.37. The molecule has 1 heterocycles. The molecule has 0 saturated heterocycles. The number of amides is 1. The Labute approximate surface area is 210 Å². The molecule has 3 rings (SSSR count). The Bertz CT molecular complexity index is 1100. The van der Waals surface area contributed by atoms with E-state index in [1.54, 1.807) is 12.1 Å². The molecule has 0 aliphatic carbocycles. The predicted molar refractivity (Wildman–Crippen MR) is 133 cm³/mol. The number of nitrogens with two attached hydrogens (primary N) is 1. The minimum atomic E-state index is -0.353. The van der Waals surface area contributed by atoms with Crippen molar-refractivity contribution >= 4 is 51.8 Å². The number of nitrogens with zero attached hydrogens (tertiary/aromatic N) is 3. The highest BCUT2D eigenvalue weighted by Crippen LogP contribution is 2.33. The molecule has 1 amide bonds. The zero-order valence-corrected chi connectivity index (χ0v) is 20.6. The smallest absolute Gasteiger partial charge is 0.247 e. The van der Waals surface area contributed by atoms with Crippen LogP contribution in [0.5, 0.6) is 11.5 Å². The third-order valence-electron chi connectivity index (χ3n) is 4.21. The number of nitrogen functional groups attached to an aromatic ring is 1. The summed E-state index contributed by atoms with van der Waals surface area (Å²) in [4.78, 5) is 11.9. The first-order chi connectivity index (χ1) is 16.4. The van der Waals surface area contributed by atoms with E-state index in [0.29, 0.717) is 51.3 Å². The molecule has 180 valence electrons. The lowest BCUT2D eigenvalue weighted by molar-refractivity contribution is -0.120. The van der Waals surface area contributed by atoms with Gasteiger partial charge in [0.15, 0.2) is 5.75 Å². The number of hydrogen-bond acceptors (Lipinski definition) is 9. The molecule has 0 aliphatic heterocycles. The second-order valence-corrected chi connectivity index (χ2v) is 8.85. The van der Waals surface area contributed by atoms with Gasteiger partial charge in [0, 0.05) is 0 Å². The van der Waals surface area contributed by atoms with Crippen LogP contribution in [0.25, 0.3) is 0 Å². The third-order valence-corrected chi connectivity index (χ3v) is 5.52. The average molecular weight is 524 g/mol. The van der Waals surface area contributed by atoms with E-state index in [4.69, 9.17) is 43.1 Å². The molecule has 9 nitrogen and oxygen atoms in total. The van der Waals surface area contributed by atoms with Crippen LogP contribution in [0.1, 0.15) is 16.1 Å². The van der Waals surface area contributed by atoms with Gasteiger partial charge in [0.25, 0.3) is 0 Å². The largest absolute Gasteiger partial charge is 0.491 e. The molecular weight excluding hydrogens is 501 g/mol.